The summed E-state index contributed by atoms with van der Waals surface area (Å²) < 4.78 is 5.41. The number of hydrogen-bond acceptors (Lipinski definition) is 5. The van der Waals surface area contributed by atoms with Gasteiger partial charge in [0.2, 0.25) is 5.91 Å². The van der Waals surface area contributed by atoms with E-state index in [1.807, 2.05) is 48.5 Å². The first kappa shape index (κ1) is 27.7. The van der Waals surface area contributed by atoms with Crippen LogP contribution in [0.1, 0.15) is 78.9 Å². The number of ether oxygens (including phenoxy) is 1. The molecule has 2 aliphatic heterocycles. The molecule has 5 rings (SSSR count). The van der Waals surface area contributed by atoms with Crippen LogP contribution in [0.5, 0.6) is 5.75 Å². The van der Waals surface area contributed by atoms with E-state index in [0.717, 1.165) is 88.2 Å². The number of nitrogens with zero attached hydrogens (tertiary/aromatic N) is 3. The average Bonchev–Trinajstić information content (AvgIpc) is 3.00. The average molecular weight is 533 g/mol. The third-order valence-electron chi connectivity index (χ3n) is 8.95. The Bertz CT molecular complexity index is 1110. The molecule has 0 spiro atoms. The van der Waals surface area contributed by atoms with E-state index in [1.54, 1.807) is 7.11 Å². The molecule has 39 heavy (non-hydrogen) atoms. The van der Waals surface area contributed by atoms with Crippen LogP contribution in [0.4, 0.5) is 0 Å². The molecule has 2 aromatic carbocycles. The predicted molar refractivity (Wildman–Crippen MR) is 154 cm³/mol. The fourth-order valence-corrected chi connectivity index (χ4v) is 6.70. The number of rotatable bonds is 9. The lowest BCUT2D eigenvalue weighted by Crippen LogP contribution is -2.52. The Morgan fingerprint density at radius 2 is 1.64 bits per heavy atom. The zero-order valence-electron chi connectivity index (χ0n) is 23.6. The SMILES string of the molecule is CCN1CCN(CCCNC(=O)[C@H]2c3ccccc3C(=O)N(C3CCCCC3)[C@H]2c2ccc(OC)cc2)CC1. The molecule has 0 aromatic heterocycles. The number of likely N-dealkylation sites (N-methyl/N-ethyl adjacent to an activating group) is 1. The second-order valence-electron chi connectivity index (χ2n) is 11.2. The van der Waals surface area contributed by atoms with Crippen LogP contribution in [0.2, 0.25) is 0 Å². The van der Waals surface area contributed by atoms with E-state index in [2.05, 4.69) is 26.9 Å². The largest absolute Gasteiger partial charge is 0.497 e. The number of nitrogens with one attached hydrogen (secondary N) is 1. The summed E-state index contributed by atoms with van der Waals surface area (Å²) in [5, 5.41) is 3.27. The van der Waals surface area contributed by atoms with Gasteiger partial charge in [0, 0.05) is 44.3 Å². The van der Waals surface area contributed by atoms with Gasteiger partial charge in [-0.25, -0.2) is 0 Å². The number of methoxy groups -OCH3 is 1. The van der Waals surface area contributed by atoms with Crippen molar-refractivity contribution in [2.24, 2.45) is 0 Å². The van der Waals surface area contributed by atoms with Crippen LogP contribution >= 0.6 is 0 Å². The van der Waals surface area contributed by atoms with Crippen molar-refractivity contribution in [1.82, 2.24) is 20.0 Å². The van der Waals surface area contributed by atoms with Gasteiger partial charge in [0.05, 0.1) is 19.1 Å². The number of benzene rings is 2. The normalized spacial score (nSPS) is 22.9. The second-order valence-corrected chi connectivity index (χ2v) is 11.2. The Morgan fingerprint density at radius 3 is 2.33 bits per heavy atom. The van der Waals surface area contributed by atoms with Crippen LogP contribution < -0.4 is 10.1 Å². The minimum atomic E-state index is -0.456. The summed E-state index contributed by atoms with van der Waals surface area (Å²) in [6, 6.07) is 15.5. The zero-order chi connectivity index (χ0) is 27.2. The van der Waals surface area contributed by atoms with Crippen molar-refractivity contribution >= 4 is 11.8 Å². The molecule has 7 nitrogen and oxygen atoms in total. The molecule has 7 heteroatoms. The van der Waals surface area contributed by atoms with Gasteiger partial charge in [-0.15, -0.1) is 0 Å². The Kier molecular flexibility index (Phi) is 9.20. The minimum Gasteiger partial charge on any atom is -0.497 e. The van der Waals surface area contributed by atoms with Gasteiger partial charge in [0.15, 0.2) is 0 Å². The lowest BCUT2D eigenvalue weighted by atomic mass is 9.77. The Hall–Kier alpha value is -2.90. The first-order chi connectivity index (χ1) is 19.1. The predicted octanol–water partition coefficient (Wildman–Crippen LogP) is 4.45. The van der Waals surface area contributed by atoms with Crippen LogP contribution in [0.25, 0.3) is 0 Å². The molecule has 2 aromatic rings. The third kappa shape index (κ3) is 6.15. The molecular formula is C32H44N4O3. The van der Waals surface area contributed by atoms with Gasteiger partial charge < -0.3 is 24.8 Å². The summed E-state index contributed by atoms with van der Waals surface area (Å²) in [6.07, 6.45) is 6.34. The highest BCUT2D eigenvalue weighted by Crippen LogP contribution is 2.46. The smallest absolute Gasteiger partial charge is 0.254 e. The van der Waals surface area contributed by atoms with Crippen molar-refractivity contribution in [3.63, 3.8) is 0 Å². The van der Waals surface area contributed by atoms with Crippen molar-refractivity contribution in [2.75, 3.05) is 52.9 Å². The van der Waals surface area contributed by atoms with Crippen LogP contribution in [-0.2, 0) is 4.79 Å². The standard InChI is InChI=1S/C32H44N4O3/c1-3-34-20-22-35(23-21-34)19-9-18-33-31(37)29-27-12-7-8-13-28(27)32(38)36(25-10-5-4-6-11-25)30(29)24-14-16-26(39-2)17-15-24/h7-8,12-17,25,29-30H,3-6,9-11,18-23H2,1-2H3,(H,33,37)/t29-,30-/m0/s1. The highest BCUT2D eigenvalue weighted by atomic mass is 16.5. The lowest BCUT2D eigenvalue weighted by molar-refractivity contribution is -0.124. The number of amides is 2. The summed E-state index contributed by atoms with van der Waals surface area (Å²) in [5.74, 6) is 0.370. The number of piperazine rings is 1. The Morgan fingerprint density at radius 1 is 0.949 bits per heavy atom. The maximum atomic E-state index is 14.0. The highest BCUT2D eigenvalue weighted by Gasteiger charge is 2.46. The van der Waals surface area contributed by atoms with Crippen molar-refractivity contribution in [2.45, 2.75) is 63.5 Å². The zero-order valence-corrected chi connectivity index (χ0v) is 23.6. The van der Waals surface area contributed by atoms with Crippen LogP contribution in [0.3, 0.4) is 0 Å². The van der Waals surface area contributed by atoms with E-state index in [1.165, 1.54) is 6.42 Å². The molecule has 1 saturated carbocycles. The summed E-state index contributed by atoms with van der Waals surface area (Å²) in [5.41, 5.74) is 2.49. The van der Waals surface area contributed by atoms with Crippen molar-refractivity contribution in [3.05, 3.63) is 65.2 Å². The first-order valence-electron chi connectivity index (χ1n) is 14.9. The quantitative estimate of drug-likeness (QED) is 0.484. The molecule has 210 valence electrons. The summed E-state index contributed by atoms with van der Waals surface area (Å²) in [6.45, 7) is 9.39. The van der Waals surface area contributed by atoms with E-state index in [0.29, 0.717) is 12.1 Å². The van der Waals surface area contributed by atoms with Crippen molar-refractivity contribution in [3.8, 4) is 5.75 Å². The van der Waals surface area contributed by atoms with Crippen molar-refractivity contribution < 1.29 is 14.3 Å². The van der Waals surface area contributed by atoms with Gasteiger partial charge in [-0.3, -0.25) is 9.59 Å². The molecule has 2 fully saturated rings. The summed E-state index contributed by atoms with van der Waals surface area (Å²) >= 11 is 0. The highest BCUT2D eigenvalue weighted by molar-refractivity contribution is 6.01. The van der Waals surface area contributed by atoms with Gasteiger partial charge in [-0.1, -0.05) is 56.5 Å². The fourth-order valence-electron chi connectivity index (χ4n) is 6.70. The molecule has 0 bridgehead atoms. The fraction of sp³-hybridized carbons (Fsp3) is 0.562. The molecule has 2 heterocycles. The second kappa shape index (κ2) is 13.0. The van der Waals surface area contributed by atoms with Gasteiger partial charge in [0.25, 0.3) is 5.91 Å². The number of carbonyl (C=O) groups is 2. The molecule has 0 unspecified atom stereocenters. The van der Waals surface area contributed by atoms with Crippen LogP contribution in [-0.4, -0.2) is 85.5 Å². The molecule has 1 saturated heterocycles. The van der Waals surface area contributed by atoms with Gasteiger partial charge >= 0.3 is 0 Å². The lowest BCUT2D eigenvalue weighted by Gasteiger charge is -2.46. The number of carbonyl (C=O) groups excluding carboxylic acids is 2. The van der Waals surface area contributed by atoms with Crippen LogP contribution in [0, 0.1) is 0 Å². The van der Waals surface area contributed by atoms with E-state index < -0.39 is 5.92 Å². The minimum absolute atomic E-state index is 0.00683. The van der Waals surface area contributed by atoms with E-state index in [4.69, 9.17) is 4.74 Å². The number of fused-ring (bicyclic) bond motifs is 1. The van der Waals surface area contributed by atoms with E-state index in [-0.39, 0.29) is 23.9 Å². The van der Waals surface area contributed by atoms with Gasteiger partial charge in [-0.05, 0) is 61.7 Å². The molecular weight excluding hydrogens is 488 g/mol. The Balaban J connectivity index is 1.38. The molecule has 2 amide bonds. The summed E-state index contributed by atoms with van der Waals surface area (Å²) in [4.78, 5) is 35.1. The monoisotopic (exact) mass is 532 g/mol. The van der Waals surface area contributed by atoms with E-state index >= 15 is 0 Å². The van der Waals surface area contributed by atoms with Crippen LogP contribution in [0.15, 0.2) is 48.5 Å². The maximum Gasteiger partial charge on any atom is 0.254 e. The molecule has 3 aliphatic rings. The molecule has 1 aliphatic carbocycles. The number of hydrogen-bond donors (Lipinski definition) is 1. The van der Waals surface area contributed by atoms with Gasteiger partial charge in [-0.2, -0.15) is 0 Å². The van der Waals surface area contributed by atoms with Gasteiger partial charge in [0.1, 0.15) is 5.75 Å². The molecule has 0 radical (unpaired) electrons. The third-order valence-corrected chi connectivity index (χ3v) is 8.95. The van der Waals surface area contributed by atoms with Crippen molar-refractivity contribution in [1.29, 1.82) is 0 Å². The molecule has 1 N–H and O–H groups in total. The Labute approximate surface area is 233 Å². The maximum absolute atomic E-state index is 14.0. The molecule has 2 atom stereocenters. The first-order valence-corrected chi connectivity index (χ1v) is 14.9. The topological polar surface area (TPSA) is 65.1 Å². The van der Waals surface area contributed by atoms with E-state index in [9.17, 15) is 9.59 Å². The summed E-state index contributed by atoms with van der Waals surface area (Å²) in [7, 11) is 1.66.